The number of carbonyl (C=O) groups is 1. The van der Waals surface area contributed by atoms with E-state index in [0.29, 0.717) is 18.1 Å². The molecule has 0 radical (unpaired) electrons. The molecule has 198 valence electrons. The van der Waals surface area contributed by atoms with Crippen LogP contribution in [0, 0.1) is 17.8 Å². The predicted octanol–water partition coefficient (Wildman–Crippen LogP) is 8.31. The molecule has 36 heavy (non-hydrogen) atoms. The van der Waals surface area contributed by atoms with E-state index in [1.165, 1.54) is 64.0 Å². The Morgan fingerprint density at radius 1 is 0.917 bits per heavy atom. The molecule has 1 saturated carbocycles. The highest BCUT2D eigenvalue weighted by Crippen LogP contribution is 2.33. The number of ether oxygens (including phenoxy) is 2. The van der Waals surface area contributed by atoms with Crippen molar-refractivity contribution in [2.45, 2.75) is 104 Å². The van der Waals surface area contributed by atoms with Gasteiger partial charge in [-0.1, -0.05) is 71.6 Å². The van der Waals surface area contributed by atoms with Gasteiger partial charge in [0, 0.05) is 5.56 Å². The molecule has 1 aliphatic rings. The molecule has 0 spiro atoms. The number of unbranched alkanes of at least 4 members (excludes halogenated alkanes) is 7. The van der Waals surface area contributed by atoms with Gasteiger partial charge in [0.2, 0.25) is 5.75 Å². The lowest BCUT2D eigenvalue weighted by atomic mass is 9.80. The molecule has 0 atom stereocenters. The first-order chi connectivity index (χ1) is 17.6. The maximum absolute atomic E-state index is 14.6. The minimum atomic E-state index is -0.815. The second kappa shape index (κ2) is 15.6. The quantitative estimate of drug-likeness (QED) is 0.140. The van der Waals surface area contributed by atoms with Crippen molar-refractivity contribution in [3.05, 3.63) is 36.4 Å². The zero-order valence-electron chi connectivity index (χ0n) is 22.1. The van der Waals surface area contributed by atoms with Gasteiger partial charge in [-0.05, 0) is 62.3 Å². The third-order valence-corrected chi connectivity index (χ3v) is 7.20. The first-order valence-electron chi connectivity index (χ1n) is 14.1. The van der Waals surface area contributed by atoms with Crippen molar-refractivity contribution >= 4 is 5.97 Å². The lowest BCUT2D eigenvalue weighted by Gasteiger charge is -2.27. The summed E-state index contributed by atoms with van der Waals surface area (Å²) in [5, 5.41) is 0. The average molecular weight is 499 g/mol. The Labute approximate surface area is 216 Å². The molecule has 0 aliphatic heterocycles. The van der Waals surface area contributed by atoms with Crippen molar-refractivity contribution in [2.24, 2.45) is 11.8 Å². The first-order valence-corrected chi connectivity index (χ1v) is 14.1. The Bertz CT molecular complexity index is 911. The number of carbonyl (C=O) groups excluding carboxylic acids is 1. The number of halogens is 1. The standard InChI is InChI=1S/C30H43FN2O3/c1-3-5-7-8-9-11-21-35-26-19-17-24(18-20-26)29-32-22-27(28(31)33-29)36-30(34)25-15-13-23(14-16-25)12-10-6-4-2/h17-20,22-23,25H,3-16,21H2,1-2H3. The lowest BCUT2D eigenvalue weighted by molar-refractivity contribution is -0.140. The predicted molar refractivity (Wildman–Crippen MR) is 142 cm³/mol. The molecule has 2 aromatic rings. The second-order valence-electron chi connectivity index (χ2n) is 10.1. The van der Waals surface area contributed by atoms with Crippen molar-refractivity contribution in [3.8, 4) is 22.9 Å². The minimum absolute atomic E-state index is 0.171. The van der Waals surface area contributed by atoms with Gasteiger partial charge in [-0.3, -0.25) is 4.79 Å². The van der Waals surface area contributed by atoms with Gasteiger partial charge in [0.25, 0.3) is 5.95 Å². The van der Waals surface area contributed by atoms with E-state index in [4.69, 9.17) is 9.47 Å². The third-order valence-electron chi connectivity index (χ3n) is 7.20. The minimum Gasteiger partial charge on any atom is -0.494 e. The normalized spacial score (nSPS) is 17.6. The van der Waals surface area contributed by atoms with Gasteiger partial charge in [0.05, 0.1) is 18.7 Å². The Hall–Kier alpha value is -2.50. The molecule has 0 amide bonds. The first kappa shape index (κ1) is 28.1. The summed E-state index contributed by atoms with van der Waals surface area (Å²) in [5.74, 6) is 0.172. The molecule has 1 aliphatic carbocycles. The van der Waals surface area contributed by atoms with Crippen LogP contribution < -0.4 is 9.47 Å². The molecule has 3 rings (SSSR count). The molecule has 1 aromatic carbocycles. The highest BCUT2D eigenvalue weighted by atomic mass is 19.1. The van der Waals surface area contributed by atoms with Crippen LogP contribution in [0.5, 0.6) is 11.5 Å². The van der Waals surface area contributed by atoms with E-state index in [2.05, 4.69) is 23.8 Å². The number of hydrogen-bond donors (Lipinski definition) is 0. The maximum Gasteiger partial charge on any atom is 0.314 e. The van der Waals surface area contributed by atoms with E-state index in [1.807, 2.05) is 24.3 Å². The molecule has 0 N–H and O–H groups in total. The molecule has 0 bridgehead atoms. The summed E-state index contributed by atoms with van der Waals surface area (Å²) < 4.78 is 25.8. The van der Waals surface area contributed by atoms with Gasteiger partial charge >= 0.3 is 5.97 Å². The Kier molecular flexibility index (Phi) is 12.1. The molecule has 1 aromatic heterocycles. The van der Waals surface area contributed by atoms with Gasteiger partial charge in [0.15, 0.2) is 5.82 Å². The fraction of sp³-hybridized carbons (Fsp3) is 0.633. The Balaban J connectivity index is 1.44. The molecule has 1 heterocycles. The van der Waals surface area contributed by atoms with Crippen molar-refractivity contribution in [1.82, 2.24) is 9.97 Å². The SMILES string of the molecule is CCCCCCCCOc1ccc(-c2ncc(OC(=O)C3CCC(CCCCC)CC3)c(F)n2)cc1. The van der Waals surface area contributed by atoms with Crippen molar-refractivity contribution in [3.63, 3.8) is 0 Å². The van der Waals surface area contributed by atoms with E-state index < -0.39 is 5.95 Å². The molecule has 0 unspecified atom stereocenters. The molecule has 0 saturated heterocycles. The van der Waals surface area contributed by atoms with E-state index in [-0.39, 0.29) is 23.5 Å². The van der Waals surface area contributed by atoms with Crippen LogP contribution >= 0.6 is 0 Å². The lowest BCUT2D eigenvalue weighted by Crippen LogP contribution is -2.26. The summed E-state index contributed by atoms with van der Waals surface area (Å²) in [6.45, 7) is 5.12. The number of esters is 1. The van der Waals surface area contributed by atoms with Crippen LogP contribution in [0.4, 0.5) is 4.39 Å². The second-order valence-corrected chi connectivity index (χ2v) is 10.1. The van der Waals surface area contributed by atoms with Crippen LogP contribution in [-0.2, 0) is 4.79 Å². The zero-order chi connectivity index (χ0) is 25.6. The highest BCUT2D eigenvalue weighted by Gasteiger charge is 2.28. The maximum atomic E-state index is 14.6. The molecular weight excluding hydrogens is 455 g/mol. The van der Waals surface area contributed by atoms with Crippen LogP contribution in [0.25, 0.3) is 11.4 Å². The number of nitrogens with zero attached hydrogens (tertiary/aromatic N) is 2. The van der Waals surface area contributed by atoms with E-state index >= 15 is 0 Å². The van der Waals surface area contributed by atoms with Gasteiger partial charge in [-0.15, -0.1) is 0 Å². The number of rotatable bonds is 15. The molecule has 5 nitrogen and oxygen atoms in total. The topological polar surface area (TPSA) is 61.3 Å². The largest absolute Gasteiger partial charge is 0.494 e. The fourth-order valence-corrected chi connectivity index (χ4v) is 4.89. The van der Waals surface area contributed by atoms with Gasteiger partial charge < -0.3 is 9.47 Å². The summed E-state index contributed by atoms with van der Waals surface area (Å²) in [4.78, 5) is 20.8. The molecular formula is C30H43FN2O3. The van der Waals surface area contributed by atoms with E-state index in [1.54, 1.807) is 0 Å². The monoisotopic (exact) mass is 498 g/mol. The summed E-state index contributed by atoms with van der Waals surface area (Å²) in [6.07, 6.45) is 17.3. The number of aromatic nitrogens is 2. The summed E-state index contributed by atoms with van der Waals surface area (Å²) in [7, 11) is 0. The van der Waals surface area contributed by atoms with Gasteiger partial charge in [-0.2, -0.15) is 9.37 Å². The van der Waals surface area contributed by atoms with Crippen molar-refractivity contribution in [1.29, 1.82) is 0 Å². The van der Waals surface area contributed by atoms with Crippen LogP contribution in [0.1, 0.15) is 104 Å². The van der Waals surface area contributed by atoms with Crippen molar-refractivity contribution in [2.75, 3.05) is 6.61 Å². The molecule has 6 heteroatoms. The summed E-state index contributed by atoms with van der Waals surface area (Å²) in [5.41, 5.74) is 0.681. The van der Waals surface area contributed by atoms with Crippen molar-refractivity contribution < 1.29 is 18.7 Å². The van der Waals surface area contributed by atoms with Crippen LogP contribution in [0.15, 0.2) is 30.5 Å². The van der Waals surface area contributed by atoms with Gasteiger partial charge in [-0.25, -0.2) is 4.98 Å². The number of hydrogen-bond acceptors (Lipinski definition) is 5. The third kappa shape index (κ3) is 9.18. The Morgan fingerprint density at radius 3 is 2.28 bits per heavy atom. The van der Waals surface area contributed by atoms with E-state index in [0.717, 1.165) is 37.9 Å². The molecule has 1 fully saturated rings. The number of benzene rings is 1. The zero-order valence-corrected chi connectivity index (χ0v) is 22.1. The van der Waals surface area contributed by atoms with Crippen LogP contribution in [0.2, 0.25) is 0 Å². The smallest absolute Gasteiger partial charge is 0.314 e. The van der Waals surface area contributed by atoms with E-state index in [9.17, 15) is 9.18 Å². The fourth-order valence-electron chi connectivity index (χ4n) is 4.89. The van der Waals surface area contributed by atoms with Gasteiger partial charge in [0.1, 0.15) is 5.75 Å². The summed E-state index contributed by atoms with van der Waals surface area (Å²) >= 11 is 0. The summed E-state index contributed by atoms with van der Waals surface area (Å²) in [6, 6.07) is 7.33. The van der Waals surface area contributed by atoms with Crippen LogP contribution in [0.3, 0.4) is 0 Å². The highest BCUT2D eigenvalue weighted by molar-refractivity contribution is 5.75. The average Bonchev–Trinajstić information content (AvgIpc) is 2.90. The van der Waals surface area contributed by atoms with Crippen LogP contribution in [-0.4, -0.2) is 22.5 Å². The Morgan fingerprint density at radius 2 is 1.58 bits per heavy atom.